The summed E-state index contributed by atoms with van der Waals surface area (Å²) < 4.78 is 5.02. The van der Waals surface area contributed by atoms with Gasteiger partial charge in [-0.05, 0) is 38.5 Å². The molecule has 0 aliphatic heterocycles. The second-order valence-electron chi connectivity index (χ2n) is 5.09. The lowest BCUT2D eigenvalue weighted by Crippen LogP contribution is -2.38. The van der Waals surface area contributed by atoms with Gasteiger partial charge in [-0.15, -0.1) is 0 Å². The van der Waals surface area contributed by atoms with Crippen LogP contribution in [0.2, 0.25) is 10.0 Å². The first-order valence-corrected chi connectivity index (χ1v) is 6.53. The summed E-state index contributed by atoms with van der Waals surface area (Å²) in [5.41, 5.74) is -0.414. The van der Waals surface area contributed by atoms with Crippen molar-refractivity contribution >= 4 is 35.3 Å². The first kappa shape index (κ1) is 16.6. The molecular weight excluding hydrogens is 305 g/mol. The molecule has 0 spiro atoms. The smallest absolute Gasteiger partial charge is 0.408 e. The molecule has 0 radical (unpaired) electrons. The Bertz CT molecular complexity index is 526. The zero-order valence-electron chi connectivity index (χ0n) is 11.2. The monoisotopic (exact) mass is 319 g/mol. The predicted octanol–water partition coefficient (Wildman–Crippen LogP) is 3.64. The molecule has 2 N–H and O–H groups in total. The van der Waals surface area contributed by atoms with Gasteiger partial charge in [0.05, 0.1) is 10.0 Å². The average molecular weight is 320 g/mol. The Morgan fingerprint density at radius 1 is 1.25 bits per heavy atom. The van der Waals surface area contributed by atoms with E-state index < -0.39 is 23.7 Å². The number of aliphatic carboxylic acids is 1. The summed E-state index contributed by atoms with van der Waals surface area (Å²) in [6, 6.07) is 3.07. The van der Waals surface area contributed by atoms with E-state index in [9.17, 15) is 14.7 Å². The van der Waals surface area contributed by atoms with Crippen molar-refractivity contribution in [2.24, 2.45) is 0 Å². The highest BCUT2D eigenvalue weighted by atomic mass is 35.5. The van der Waals surface area contributed by atoms with Gasteiger partial charge in [-0.2, -0.15) is 0 Å². The number of hydrogen-bond donors (Lipinski definition) is 2. The molecule has 0 heterocycles. The van der Waals surface area contributed by atoms with E-state index >= 15 is 0 Å². The van der Waals surface area contributed by atoms with E-state index in [2.05, 4.69) is 5.32 Å². The zero-order chi connectivity index (χ0) is 15.5. The average Bonchev–Trinajstić information content (AvgIpc) is 2.27. The van der Waals surface area contributed by atoms with Crippen LogP contribution < -0.4 is 5.32 Å². The highest BCUT2D eigenvalue weighted by molar-refractivity contribution is 6.42. The lowest BCUT2D eigenvalue weighted by atomic mass is 10.1. The minimum absolute atomic E-state index is 0.210. The minimum atomic E-state index is -1.26. The molecule has 1 rings (SSSR count). The van der Waals surface area contributed by atoms with Crippen LogP contribution in [0.1, 0.15) is 32.4 Å². The van der Waals surface area contributed by atoms with Crippen LogP contribution in [-0.2, 0) is 9.53 Å². The SMILES string of the molecule is CC(C)(C)OC(=O)N[C@H](C(=O)O)c1ccc(Cl)c(Cl)c1. The fourth-order valence-corrected chi connectivity index (χ4v) is 1.71. The Labute approximate surface area is 126 Å². The van der Waals surface area contributed by atoms with E-state index in [1.807, 2.05) is 0 Å². The second-order valence-corrected chi connectivity index (χ2v) is 5.91. The van der Waals surface area contributed by atoms with E-state index in [1.165, 1.54) is 18.2 Å². The largest absolute Gasteiger partial charge is 0.479 e. The van der Waals surface area contributed by atoms with E-state index in [-0.39, 0.29) is 5.02 Å². The van der Waals surface area contributed by atoms with Crippen LogP contribution in [0.5, 0.6) is 0 Å². The van der Waals surface area contributed by atoms with Crippen molar-refractivity contribution in [3.63, 3.8) is 0 Å². The van der Waals surface area contributed by atoms with Gasteiger partial charge in [0.1, 0.15) is 5.60 Å². The second kappa shape index (κ2) is 6.33. The molecule has 1 aromatic rings. The van der Waals surface area contributed by atoms with Gasteiger partial charge in [0, 0.05) is 0 Å². The Balaban J connectivity index is 2.92. The third-order valence-electron chi connectivity index (χ3n) is 2.19. The number of halogens is 2. The van der Waals surface area contributed by atoms with Crippen LogP contribution >= 0.6 is 23.2 Å². The maximum Gasteiger partial charge on any atom is 0.408 e. The van der Waals surface area contributed by atoms with Crippen molar-refractivity contribution in [2.45, 2.75) is 32.4 Å². The highest BCUT2D eigenvalue weighted by Crippen LogP contribution is 2.26. The molecule has 0 saturated carbocycles. The number of hydrogen-bond acceptors (Lipinski definition) is 3. The fraction of sp³-hybridized carbons (Fsp3) is 0.385. The van der Waals surface area contributed by atoms with Crippen LogP contribution in [0.15, 0.2) is 18.2 Å². The number of ether oxygens (including phenoxy) is 1. The van der Waals surface area contributed by atoms with Crippen molar-refractivity contribution in [3.8, 4) is 0 Å². The molecule has 0 fully saturated rings. The van der Waals surface area contributed by atoms with E-state index in [4.69, 9.17) is 27.9 Å². The number of alkyl carbamates (subject to hydrolysis) is 1. The third-order valence-corrected chi connectivity index (χ3v) is 2.92. The molecular formula is C13H15Cl2NO4. The molecule has 0 bridgehead atoms. The molecule has 0 aromatic heterocycles. The van der Waals surface area contributed by atoms with Crippen LogP contribution in [0.4, 0.5) is 4.79 Å². The van der Waals surface area contributed by atoms with Gasteiger partial charge >= 0.3 is 12.1 Å². The lowest BCUT2D eigenvalue weighted by Gasteiger charge is -2.22. The minimum Gasteiger partial charge on any atom is -0.479 e. The molecule has 1 amide bonds. The zero-order valence-corrected chi connectivity index (χ0v) is 12.7. The van der Waals surface area contributed by atoms with Gasteiger partial charge in [-0.25, -0.2) is 9.59 Å². The number of carboxylic acid groups (broad SMARTS) is 1. The topological polar surface area (TPSA) is 75.6 Å². The van der Waals surface area contributed by atoms with Crippen molar-refractivity contribution < 1.29 is 19.4 Å². The molecule has 0 aliphatic carbocycles. The summed E-state index contributed by atoms with van der Waals surface area (Å²) in [7, 11) is 0. The molecule has 1 aromatic carbocycles. The van der Waals surface area contributed by atoms with Crippen LogP contribution in [-0.4, -0.2) is 22.8 Å². The van der Waals surface area contributed by atoms with Crippen LogP contribution in [0, 0.1) is 0 Å². The molecule has 0 saturated heterocycles. The summed E-state index contributed by atoms with van der Waals surface area (Å²) >= 11 is 11.6. The number of benzene rings is 1. The Kier molecular flexibility index (Phi) is 5.25. The predicted molar refractivity (Wildman–Crippen MR) is 76.2 cm³/mol. The number of nitrogens with one attached hydrogen (secondary N) is 1. The number of carbonyl (C=O) groups is 2. The number of carbonyl (C=O) groups excluding carboxylic acids is 1. The van der Waals surface area contributed by atoms with E-state index in [0.29, 0.717) is 10.6 Å². The molecule has 0 unspecified atom stereocenters. The van der Waals surface area contributed by atoms with Crippen LogP contribution in [0.3, 0.4) is 0 Å². The Hall–Kier alpha value is -1.46. The summed E-state index contributed by atoms with van der Waals surface area (Å²) in [4.78, 5) is 22.9. The highest BCUT2D eigenvalue weighted by Gasteiger charge is 2.25. The fourth-order valence-electron chi connectivity index (χ4n) is 1.40. The lowest BCUT2D eigenvalue weighted by molar-refractivity contribution is -0.139. The summed E-state index contributed by atoms with van der Waals surface area (Å²) in [5.74, 6) is -1.23. The van der Waals surface area contributed by atoms with Gasteiger partial charge in [-0.1, -0.05) is 29.3 Å². The maximum atomic E-state index is 11.6. The summed E-state index contributed by atoms with van der Waals surface area (Å²) in [6.07, 6.45) is -0.823. The summed E-state index contributed by atoms with van der Waals surface area (Å²) in [5, 5.41) is 12.0. The van der Waals surface area contributed by atoms with E-state index in [0.717, 1.165) is 0 Å². The van der Waals surface area contributed by atoms with Gasteiger partial charge in [0.2, 0.25) is 0 Å². The first-order chi connectivity index (χ1) is 9.10. The molecule has 5 nitrogen and oxygen atoms in total. The van der Waals surface area contributed by atoms with Gasteiger partial charge in [0.25, 0.3) is 0 Å². The van der Waals surface area contributed by atoms with Crippen molar-refractivity contribution in [2.75, 3.05) is 0 Å². The van der Waals surface area contributed by atoms with Gasteiger partial charge in [-0.3, -0.25) is 0 Å². The quantitative estimate of drug-likeness (QED) is 0.891. The molecule has 7 heteroatoms. The van der Waals surface area contributed by atoms with Crippen LogP contribution in [0.25, 0.3) is 0 Å². The molecule has 1 atom stereocenters. The maximum absolute atomic E-state index is 11.6. The Morgan fingerprint density at radius 2 is 1.85 bits per heavy atom. The summed E-state index contributed by atoms with van der Waals surface area (Å²) in [6.45, 7) is 5.05. The van der Waals surface area contributed by atoms with Gasteiger partial charge in [0.15, 0.2) is 6.04 Å². The Morgan fingerprint density at radius 3 is 2.30 bits per heavy atom. The molecule has 20 heavy (non-hydrogen) atoms. The van der Waals surface area contributed by atoms with Crippen molar-refractivity contribution in [1.82, 2.24) is 5.32 Å². The third kappa shape index (κ3) is 4.90. The molecule has 0 aliphatic rings. The number of amides is 1. The molecule has 110 valence electrons. The van der Waals surface area contributed by atoms with Gasteiger partial charge < -0.3 is 15.2 Å². The van der Waals surface area contributed by atoms with Crippen molar-refractivity contribution in [3.05, 3.63) is 33.8 Å². The van der Waals surface area contributed by atoms with E-state index in [1.54, 1.807) is 20.8 Å². The first-order valence-electron chi connectivity index (χ1n) is 5.77. The normalized spacial score (nSPS) is 12.7. The standard InChI is InChI=1S/C13H15Cl2NO4/c1-13(2,3)20-12(19)16-10(11(17)18)7-4-5-8(14)9(15)6-7/h4-6,10H,1-3H3,(H,16,19)(H,17,18)/t10-/m0/s1. The van der Waals surface area contributed by atoms with Crippen molar-refractivity contribution in [1.29, 1.82) is 0 Å². The number of carboxylic acids is 1. The number of rotatable bonds is 3.